The van der Waals surface area contributed by atoms with Gasteiger partial charge in [0.15, 0.2) is 11.5 Å². The maximum Gasteiger partial charge on any atom is 0.325 e. The minimum atomic E-state index is -0.583. The molecule has 0 bridgehead atoms. The highest BCUT2D eigenvalue weighted by atomic mass is 16.5. The summed E-state index contributed by atoms with van der Waals surface area (Å²) < 4.78 is 16.1. The van der Waals surface area contributed by atoms with Crippen molar-refractivity contribution < 1.29 is 23.8 Å². The van der Waals surface area contributed by atoms with E-state index < -0.39 is 6.03 Å². The van der Waals surface area contributed by atoms with Crippen LogP contribution in [0.2, 0.25) is 0 Å². The molecule has 0 aliphatic carbocycles. The number of anilines is 1. The van der Waals surface area contributed by atoms with Crippen molar-refractivity contribution in [2.75, 3.05) is 39.7 Å². The van der Waals surface area contributed by atoms with Crippen LogP contribution in [-0.2, 0) is 11.2 Å². The Bertz CT molecular complexity index is 1180. The molecule has 0 saturated heterocycles. The molecule has 3 aromatic rings. The summed E-state index contributed by atoms with van der Waals surface area (Å²) >= 11 is 0. The zero-order valence-corrected chi connectivity index (χ0v) is 20.0. The number of carbonyl (C=O) groups excluding carboxylic acids is 2. The average molecular weight is 476 g/mol. The van der Waals surface area contributed by atoms with Crippen molar-refractivity contribution in [2.45, 2.75) is 12.5 Å². The summed E-state index contributed by atoms with van der Waals surface area (Å²) in [5.41, 5.74) is 3.81. The van der Waals surface area contributed by atoms with Crippen molar-refractivity contribution in [3.8, 4) is 17.2 Å². The highest BCUT2D eigenvalue weighted by Gasteiger charge is 2.31. The van der Waals surface area contributed by atoms with Gasteiger partial charge in [-0.3, -0.25) is 15.0 Å². The summed E-state index contributed by atoms with van der Waals surface area (Å²) in [5, 5.41) is 5.11. The normalized spacial score (nSPS) is 15.0. The highest BCUT2D eigenvalue weighted by molar-refractivity contribution is 6.01. The number of rotatable bonds is 7. The summed E-state index contributed by atoms with van der Waals surface area (Å²) in [6.45, 7) is 0.707. The van der Waals surface area contributed by atoms with E-state index in [0.29, 0.717) is 29.5 Å². The van der Waals surface area contributed by atoms with Gasteiger partial charge in [0, 0.05) is 12.2 Å². The summed E-state index contributed by atoms with van der Waals surface area (Å²) in [6.07, 6.45) is 0.740. The van der Waals surface area contributed by atoms with Crippen LogP contribution in [0.15, 0.2) is 66.7 Å². The topological polar surface area (TPSA) is 89.1 Å². The van der Waals surface area contributed by atoms with Crippen molar-refractivity contribution in [3.63, 3.8) is 0 Å². The minimum Gasteiger partial charge on any atom is -0.497 e. The molecule has 0 spiro atoms. The monoisotopic (exact) mass is 475 g/mol. The van der Waals surface area contributed by atoms with Gasteiger partial charge in [-0.25, -0.2) is 4.79 Å². The molecule has 3 aromatic carbocycles. The molecule has 35 heavy (non-hydrogen) atoms. The fourth-order valence-corrected chi connectivity index (χ4v) is 4.38. The predicted octanol–water partition coefficient (Wildman–Crippen LogP) is 4.01. The Labute approximate surface area is 204 Å². The van der Waals surface area contributed by atoms with E-state index in [1.807, 2.05) is 42.5 Å². The summed E-state index contributed by atoms with van der Waals surface area (Å²) in [6, 6.07) is 20.1. The molecule has 1 aliphatic rings. The molecular weight excluding hydrogens is 446 g/mol. The average Bonchev–Trinajstić information content (AvgIpc) is 2.88. The number of carbonyl (C=O) groups is 2. The lowest BCUT2D eigenvalue weighted by Gasteiger charge is -2.37. The number of ether oxygens (including phenoxy) is 3. The van der Waals surface area contributed by atoms with Crippen LogP contribution in [0.1, 0.15) is 22.7 Å². The lowest BCUT2D eigenvalue weighted by atomic mass is 9.87. The zero-order valence-electron chi connectivity index (χ0n) is 20.0. The van der Waals surface area contributed by atoms with E-state index in [-0.39, 0.29) is 18.5 Å². The molecule has 0 saturated carbocycles. The highest BCUT2D eigenvalue weighted by Crippen LogP contribution is 2.40. The van der Waals surface area contributed by atoms with Gasteiger partial charge in [0.25, 0.3) is 0 Å². The molecule has 3 amide bonds. The lowest BCUT2D eigenvalue weighted by molar-refractivity contribution is -0.121. The van der Waals surface area contributed by atoms with Crippen LogP contribution in [0.3, 0.4) is 0 Å². The van der Waals surface area contributed by atoms with Crippen LogP contribution in [0.4, 0.5) is 10.5 Å². The van der Waals surface area contributed by atoms with Crippen LogP contribution < -0.4 is 24.8 Å². The third-order valence-electron chi connectivity index (χ3n) is 6.04. The van der Waals surface area contributed by atoms with Gasteiger partial charge in [-0.15, -0.1) is 0 Å². The molecule has 4 rings (SSSR count). The fourth-order valence-electron chi connectivity index (χ4n) is 4.38. The second kappa shape index (κ2) is 10.9. The number of amides is 3. The van der Waals surface area contributed by atoms with E-state index in [2.05, 4.69) is 15.5 Å². The van der Waals surface area contributed by atoms with Crippen LogP contribution in [0, 0.1) is 0 Å². The molecule has 0 fully saturated rings. The van der Waals surface area contributed by atoms with Gasteiger partial charge >= 0.3 is 6.03 Å². The Balaban J connectivity index is 1.52. The van der Waals surface area contributed by atoms with Gasteiger partial charge in [0.2, 0.25) is 5.91 Å². The number of hydrogen-bond donors (Lipinski definition) is 2. The first kappa shape index (κ1) is 24.1. The number of methoxy groups -OCH3 is 3. The molecule has 1 unspecified atom stereocenters. The van der Waals surface area contributed by atoms with Crippen molar-refractivity contribution in [1.29, 1.82) is 0 Å². The van der Waals surface area contributed by atoms with Gasteiger partial charge in [0.05, 0.1) is 33.9 Å². The first-order valence-electron chi connectivity index (χ1n) is 11.3. The molecule has 1 aliphatic heterocycles. The molecule has 0 radical (unpaired) electrons. The Kier molecular flexibility index (Phi) is 7.52. The third-order valence-corrected chi connectivity index (χ3v) is 6.04. The second-order valence-electron chi connectivity index (χ2n) is 8.17. The number of nitrogens with zero attached hydrogens (tertiary/aromatic N) is 1. The van der Waals surface area contributed by atoms with Gasteiger partial charge in [-0.05, 0) is 59.5 Å². The Morgan fingerprint density at radius 1 is 0.914 bits per heavy atom. The molecular formula is C27H29N3O5. The molecule has 8 nitrogen and oxygen atoms in total. The van der Waals surface area contributed by atoms with E-state index >= 15 is 0 Å². The third kappa shape index (κ3) is 5.55. The van der Waals surface area contributed by atoms with Gasteiger partial charge in [-0.1, -0.05) is 30.3 Å². The first-order chi connectivity index (χ1) is 17.0. The van der Waals surface area contributed by atoms with Crippen LogP contribution in [-0.4, -0.2) is 51.3 Å². The SMILES string of the molecule is COc1ccc(NC(=O)NC(=O)CN2CCc3cc(OC)c(OC)cc3C2c2ccccc2)cc1. The van der Waals surface area contributed by atoms with Gasteiger partial charge in [-0.2, -0.15) is 0 Å². The number of urea groups is 1. The standard InChI is InChI=1S/C27H29N3O5/c1-33-21-11-9-20(10-12-21)28-27(32)29-25(31)17-30-14-13-19-15-23(34-2)24(35-3)16-22(19)26(30)18-7-5-4-6-8-18/h4-12,15-16,26H,13-14,17H2,1-3H3,(H2,28,29,31,32). The number of nitrogens with one attached hydrogen (secondary N) is 2. The Morgan fingerprint density at radius 3 is 2.26 bits per heavy atom. The van der Waals surface area contributed by atoms with Gasteiger partial charge in [0.1, 0.15) is 5.75 Å². The molecule has 8 heteroatoms. The summed E-state index contributed by atoms with van der Waals surface area (Å²) in [5.74, 6) is 1.61. The molecule has 2 N–H and O–H groups in total. The lowest BCUT2D eigenvalue weighted by Crippen LogP contribution is -2.45. The number of fused-ring (bicyclic) bond motifs is 1. The second-order valence-corrected chi connectivity index (χ2v) is 8.17. The molecule has 0 aromatic heterocycles. The van der Waals surface area contributed by atoms with Crippen LogP contribution >= 0.6 is 0 Å². The van der Waals surface area contributed by atoms with Crippen LogP contribution in [0.5, 0.6) is 17.2 Å². The minimum absolute atomic E-state index is 0.0589. The van der Waals surface area contributed by atoms with Crippen molar-refractivity contribution in [2.24, 2.45) is 0 Å². The molecule has 182 valence electrons. The fraction of sp³-hybridized carbons (Fsp3) is 0.259. The number of hydrogen-bond acceptors (Lipinski definition) is 6. The Hall–Kier alpha value is -4.04. The van der Waals surface area contributed by atoms with E-state index in [1.54, 1.807) is 45.6 Å². The number of imide groups is 1. The summed E-state index contributed by atoms with van der Waals surface area (Å²) in [7, 11) is 4.80. The van der Waals surface area contributed by atoms with E-state index in [9.17, 15) is 9.59 Å². The predicted molar refractivity (Wildman–Crippen MR) is 133 cm³/mol. The summed E-state index contributed by atoms with van der Waals surface area (Å²) in [4.78, 5) is 27.3. The quantitative estimate of drug-likeness (QED) is 0.537. The van der Waals surface area contributed by atoms with Crippen molar-refractivity contribution in [1.82, 2.24) is 10.2 Å². The molecule has 1 atom stereocenters. The molecule has 1 heterocycles. The zero-order chi connectivity index (χ0) is 24.8. The van der Waals surface area contributed by atoms with E-state index in [4.69, 9.17) is 14.2 Å². The van der Waals surface area contributed by atoms with Crippen LogP contribution in [0.25, 0.3) is 0 Å². The van der Waals surface area contributed by atoms with Crippen molar-refractivity contribution in [3.05, 3.63) is 83.4 Å². The maximum atomic E-state index is 12.8. The Morgan fingerprint density at radius 2 is 1.60 bits per heavy atom. The van der Waals surface area contributed by atoms with E-state index in [0.717, 1.165) is 23.1 Å². The largest absolute Gasteiger partial charge is 0.497 e. The smallest absolute Gasteiger partial charge is 0.325 e. The van der Waals surface area contributed by atoms with E-state index in [1.165, 1.54) is 0 Å². The first-order valence-corrected chi connectivity index (χ1v) is 11.3. The maximum absolute atomic E-state index is 12.8. The van der Waals surface area contributed by atoms with Crippen molar-refractivity contribution >= 4 is 17.6 Å². The van der Waals surface area contributed by atoms with Gasteiger partial charge < -0.3 is 19.5 Å². The number of benzene rings is 3.